The Morgan fingerprint density at radius 3 is 2.54 bits per heavy atom. The topological polar surface area (TPSA) is 114 Å². The van der Waals surface area contributed by atoms with Crippen LogP contribution in [0, 0.1) is 18.3 Å². The van der Waals surface area contributed by atoms with E-state index in [0.29, 0.717) is 34.7 Å². The summed E-state index contributed by atoms with van der Waals surface area (Å²) in [6.45, 7) is 4.08. The third-order valence-electron chi connectivity index (χ3n) is 7.43. The summed E-state index contributed by atoms with van der Waals surface area (Å²) in [7, 11) is -3.83. The zero-order valence-corrected chi connectivity index (χ0v) is 22.1. The molecule has 1 aliphatic heterocycles. The fourth-order valence-electron chi connectivity index (χ4n) is 5.57. The van der Waals surface area contributed by atoms with Gasteiger partial charge in [0.15, 0.2) is 0 Å². The Balaban J connectivity index is 1.54. The summed E-state index contributed by atoms with van der Waals surface area (Å²) in [6.07, 6.45) is 0.132. The van der Waals surface area contributed by atoms with Gasteiger partial charge in [0.2, 0.25) is 0 Å². The van der Waals surface area contributed by atoms with Crippen molar-refractivity contribution in [2.24, 2.45) is 0 Å². The molecule has 9 heteroatoms. The number of aliphatic hydroxyl groups excluding tert-OH is 1. The Hall–Kier alpha value is -3.09. The molecule has 192 valence electrons. The van der Waals surface area contributed by atoms with Crippen LogP contribution in [0.3, 0.4) is 0 Å². The van der Waals surface area contributed by atoms with Crippen LogP contribution in [0.5, 0.6) is 5.75 Å². The number of aliphatic hydroxyl groups is 1. The minimum Gasteiger partial charge on any atom is -0.508 e. The van der Waals surface area contributed by atoms with Crippen molar-refractivity contribution >= 4 is 27.3 Å². The zero-order valence-electron chi connectivity index (χ0n) is 20.5. The largest absolute Gasteiger partial charge is 0.508 e. The number of phenolic OH excluding ortho intramolecular Hbond substituents is 1. The number of halogens is 1. The van der Waals surface area contributed by atoms with Crippen molar-refractivity contribution in [1.29, 1.82) is 5.26 Å². The molecule has 3 aromatic rings. The first-order valence-electron chi connectivity index (χ1n) is 12.2. The summed E-state index contributed by atoms with van der Waals surface area (Å²) < 4.78 is 28.6. The number of benzene rings is 3. The van der Waals surface area contributed by atoms with E-state index < -0.39 is 22.2 Å². The Labute approximate surface area is 222 Å². The first-order chi connectivity index (χ1) is 17.6. The summed E-state index contributed by atoms with van der Waals surface area (Å²) in [5, 5.41) is 35.3. The number of rotatable bonds is 6. The third kappa shape index (κ3) is 4.36. The van der Waals surface area contributed by atoms with Gasteiger partial charge >= 0.3 is 0 Å². The monoisotopic (exact) mass is 537 g/mol. The van der Waals surface area contributed by atoms with Crippen LogP contribution in [-0.2, 0) is 10.0 Å². The lowest BCUT2D eigenvalue weighted by Crippen LogP contribution is -2.39. The minimum absolute atomic E-state index is 0.00959. The Kier molecular flexibility index (Phi) is 6.67. The molecule has 0 bridgehead atoms. The molecule has 5 rings (SSSR count). The lowest BCUT2D eigenvalue weighted by Gasteiger charge is -2.36. The Morgan fingerprint density at radius 2 is 1.89 bits per heavy atom. The number of nitrogens with zero attached hydrogens (tertiary/aromatic N) is 2. The Morgan fingerprint density at radius 1 is 1.16 bits per heavy atom. The maximum atomic E-state index is 13.6. The molecule has 0 spiro atoms. The van der Waals surface area contributed by atoms with Gasteiger partial charge in [-0.15, -0.1) is 0 Å². The molecule has 7 nitrogen and oxygen atoms in total. The van der Waals surface area contributed by atoms with Crippen molar-refractivity contribution in [1.82, 2.24) is 5.32 Å². The quantitative estimate of drug-likeness (QED) is 0.405. The molecule has 4 unspecified atom stereocenters. The second-order valence-corrected chi connectivity index (χ2v) is 12.0. The Bertz CT molecular complexity index is 1500. The van der Waals surface area contributed by atoms with Crippen LogP contribution >= 0.6 is 11.6 Å². The molecule has 1 aliphatic carbocycles. The molecule has 0 saturated carbocycles. The predicted octanol–water partition coefficient (Wildman–Crippen LogP) is 5.06. The van der Waals surface area contributed by atoms with E-state index in [1.165, 1.54) is 10.4 Å². The molecule has 4 atom stereocenters. The van der Waals surface area contributed by atoms with Crippen molar-refractivity contribution in [3.05, 3.63) is 87.4 Å². The third-order valence-corrected chi connectivity index (χ3v) is 9.55. The fraction of sp³-hybridized carbons (Fsp3) is 0.321. The maximum Gasteiger partial charge on any atom is 0.264 e. The molecular formula is C28H28ClN3O4S. The summed E-state index contributed by atoms with van der Waals surface area (Å²) in [4.78, 5) is 0.204. The van der Waals surface area contributed by atoms with Crippen LogP contribution in [0.4, 0.5) is 5.69 Å². The zero-order chi connectivity index (χ0) is 26.5. The lowest BCUT2D eigenvalue weighted by molar-refractivity contribution is 0.0946. The summed E-state index contributed by atoms with van der Waals surface area (Å²) in [6, 6.07) is 16.2. The van der Waals surface area contributed by atoms with Gasteiger partial charge in [0.1, 0.15) is 5.75 Å². The van der Waals surface area contributed by atoms with Gasteiger partial charge in [-0.25, -0.2) is 8.42 Å². The minimum atomic E-state index is -3.83. The highest BCUT2D eigenvalue weighted by Crippen LogP contribution is 2.52. The van der Waals surface area contributed by atoms with Gasteiger partial charge in [0.25, 0.3) is 10.0 Å². The maximum absolute atomic E-state index is 13.6. The number of nitrogens with one attached hydrogen (secondary N) is 1. The van der Waals surface area contributed by atoms with E-state index in [-0.39, 0.29) is 29.1 Å². The van der Waals surface area contributed by atoms with Gasteiger partial charge in [-0.2, -0.15) is 5.26 Å². The van der Waals surface area contributed by atoms with Crippen LogP contribution in [0.15, 0.2) is 59.5 Å². The average Bonchev–Trinajstić information content (AvgIpc) is 3.25. The fourth-order valence-corrected chi connectivity index (χ4v) is 7.41. The molecule has 0 aromatic heterocycles. The highest BCUT2D eigenvalue weighted by Gasteiger charge is 2.46. The number of sulfonamides is 1. The van der Waals surface area contributed by atoms with Crippen LogP contribution in [0.25, 0.3) is 0 Å². The smallest absolute Gasteiger partial charge is 0.264 e. The second kappa shape index (κ2) is 9.66. The summed E-state index contributed by atoms with van der Waals surface area (Å²) in [5.74, 6) is -0.237. The molecule has 3 N–H and O–H groups in total. The van der Waals surface area contributed by atoms with E-state index in [0.717, 1.165) is 16.7 Å². The van der Waals surface area contributed by atoms with Gasteiger partial charge in [-0.3, -0.25) is 4.31 Å². The van der Waals surface area contributed by atoms with Crippen molar-refractivity contribution in [3.63, 3.8) is 0 Å². The van der Waals surface area contributed by atoms with Crippen LogP contribution < -0.4 is 9.62 Å². The van der Waals surface area contributed by atoms with Crippen molar-refractivity contribution in [2.45, 2.75) is 55.7 Å². The SMILES string of the molecule is CCC(NC1c2c(O)ccc3c2C(CC1O)CN3S(=O)(=O)c1ccc(C)cc1)c1ccc(C#N)cc1Cl. The van der Waals surface area contributed by atoms with Gasteiger partial charge in [0, 0.05) is 29.1 Å². The summed E-state index contributed by atoms with van der Waals surface area (Å²) >= 11 is 6.49. The van der Waals surface area contributed by atoms with E-state index in [1.807, 2.05) is 13.8 Å². The number of hydrogen-bond donors (Lipinski definition) is 3. The highest BCUT2D eigenvalue weighted by molar-refractivity contribution is 7.92. The molecule has 0 amide bonds. The van der Waals surface area contributed by atoms with Gasteiger partial charge in [-0.05, 0) is 67.3 Å². The first-order valence-corrected chi connectivity index (χ1v) is 14.1. The number of aromatic hydroxyl groups is 1. The second-order valence-electron chi connectivity index (χ2n) is 9.73. The number of phenols is 1. The van der Waals surface area contributed by atoms with E-state index in [9.17, 15) is 23.9 Å². The van der Waals surface area contributed by atoms with Gasteiger partial charge in [-0.1, -0.05) is 42.3 Å². The van der Waals surface area contributed by atoms with Gasteiger partial charge in [0.05, 0.1) is 34.4 Å². The number of aryl methyl sites for hydroxylation is 1. The number of anilines is 1. The van der Waals surface area contributed by atoms with Crippen molar-refractivity contribution in [2.75, 3.05) is 10.8 Å². The van der Waals surface area contributed by atoms with E-state index >= 15 is 0 Å². The number of hydrogen-bond acceptors (Lipinski definition) is 6. The van der Waals surface area contributed by atoms with E-state index in [4.69, 9.17) is 11.6 Å². The first kappa shape index (κ1) is 25.6. The lowest BCUT2D eigenvalue weighted by atomic mass is 9.78. The van der Waals surface area contributed by atoms with E-state index in [1.54, 1.807) is 48.5 Å². The summed E-state index contributed by atoms with van der Waals surface area (Å²) in [5.41, 5.74) is 4.01. The van der Waals surface area contributed by atoms with Crippen LogP contribution in [0.2, 0.25) is 5.02 Å². The molecule has 2 aliphatic rings. The number of nitriles is 1. The van der Waals surface area contributed by atoms with Gasteiger partial charge < -0.3 is 15.5 Å². The van der Waals surface area contributed by atoms with E-state index in [2.05, 4.69) is 11.4 Å². The molecule has 0 radical (unpaired) electrons. The van der Waals surface area contributed by atoms with Crippen LogP contribution in [0.1, 0.15) is 65.6 Å². The molecule has 0 saturated heterocycles. The predicted molar refractivity (Wildman–Crippen MR) is 142 cm³/mol. The molecular weight excluding hydrogens is 510 g/mol. The molecule has 0 fully saturated rings. The molecule has 3 aromatic carbocycles. The molecule has 37 heavy (non-hydrogen) atoms. The van der Waals surface area contributed by atoms with Crippen molar-refractivity contribution in [3.8, 4) is 11.8 Å². The highest BCUT2D eigenvalue weighted by atomic mass is 35.5. The standard InChI is InChI=1S/C28H28ClN3O4S/c1-3-22(20-9-6-17(14-30)12-21(20)29)31-28-25(34)13-18-15-32(23-10-11-24(33)27(28)26(18)23)37(35,36)19-7-4-16(2)5-8-19/h4-12,18,22,25,28,31,33-34H,3,13,15H2,1-2H3. The average molecular weight is 538 g/mol. The molecule has 1 heterocycles. The van der Waals surface area contributed by atoms with Crippen LogP contribution in [-0.4, -0.2) is 31.3 Å². The van der Waals surface area contributed by atoms with Crippen molar-refractivity contribution < 1.29 is 18.6 Å². The normalized spacial score (nSPS) is 21.4.